The molecule has 0 aliphatic heterocycles. The van der Waals surface area contributed by atoms with Crippen LogP contribution in [-0.2, 0) is 0 Å². The van der Waals surface area contributed by atoms with Crippen molar-refractivity contribution in [2.75, 3.05) is 0 Å². The van der Waals surface area contributed by atoms with Crippen LogP contribution in [0.5, 0.6) is 0 Å². The predicted octanol–water partition coefficient (Wildman–Crippen LogP) is 6.31. The second kappa shape index (κ2) is 6.07. The molecule has 0 aromatic carbocycles. The molecule has 0 bridgehead atoms. The number of alkyl halides is 13. The maximum absolute atomic E-state index is 13.3. The molecule has 1 aliphatic rings. The maximum atomic E-state index is 13.3. The molecule has 1 saturated carbocycles. The predicted molar refractivity (Wildman–Crippen MR) is 57.4 cm³/mol. The molecule has 0 radical (unpaired) electrons. The third-order valence-electron chi connectivity index (χ3n) is 4.09. The highest BCUT2D eigenvalue weighted by Gasteiger charge is 2.90. The topological polar surface area (TPSA) is 0 Å². The van der Waals surface area contributed by atoms with E-state index in [4.69, 9.17) is 0 Å². The summed E-state index contributed by atoms with van der Waals surface area (Å²) in [5.74, 6) is -36.7. The lowest BCUT2D eigenvalue weighted by Gasteiger charge is -2.40. The third-order valence-corrected chi connectivity index (χ3v) is 4.09. The van der Waals surface area contributed by atoms with Crippen molar-refractivity contribution >= 4 is 0 Å². The summed E-state index contributed by atoms with van der Waals surface area (Å²) < 4.78 is 166. The molecule has 0 aromatic heterocycles. The van der Waals surface area contributed by atoms with Crippen molar-refractivity contribution in [1.82, 2.24) is 0 Å². The van der Waals surface area contributed by atoms with Crippen LogP contribution in [0.25, 0.3) is 0 Å². The van der Waals surface area contributed by atoms with Crippen LogP contribution < -0.4 is 0 Å². The van der Waals surface area contributed by atoms with Gasteiger partial charge in [0.05, 0.1) is 0 Å². The van der Waals surface area contributed by atoms with E-state index in [-0.39, 0.29) is 0 Å². The lowest BCUT2D eigenvalue weighted by Crippen LogP contribution is -2.70. The fourth-order valence-electron chi connectivity index (χ4n) is 2.13. The van der Waals surface area contributed by atoms with E-state index in [1.165, 1.54) is 0 Å². The summed E-state index contributed by atoms with van der Waals surface area (Å²) in [4.78, 5) is 0. The first-order chi connectivity index (χ1) is 10.8. The van der Waals surface area contributed by atoms with E-state index in [1.54, 1.807) is 0 Å². The molecule has 0 nitrogen and oxygen atoms in total. The SMILES string of the molecule is FC(F)(F)C(F)(F)C(F)(F)C(F)(F)C(F)(F)C(F)(F)CCC1CCC1. The molecule has 0 saturated heterocycles. The summed E-state index contributed by atoms with van der Waals surface area (Å²) in [7, 11) is 0. The highest BCUT2D eigenvalue weighted by Crippen LogP contribution is 2.61. The fourth-order valence-corrected chi connectivity index (χ4v) is 2.13. The van der Waals surface area contributed by atoms with E-state index in [0.717, 1.165) is 0 Å². The monoisotopic (exact) mass is 402 g/mol. The first kappa shape index (κ1) is 22.1. The molecule has 25 heavy (non-hydrogen) atoms. The number of halogens is 13. The van der Waals surface area contributed by atoms with Gasteiger partial charge in [0.25, 0.3) is 0 Å². The minimum Gasteiger partial charge on any atom is -0.200 e. The van der Waals surface area contributed by atoms with Gasteiger partial charge in [0.15, 0.2) is 0 Å². The molecule has 13 heteroatoms. The van der Waals surface area contributed by atoms with Gasteiger partial charge in [-0.15, -0.1) is 0 Å². The minimum absolute atomic E-state index is 0.292. The molecule has 1 fully saturated rings. The molecule has 0 amide bonds. The van der Waals surface area contributed by atoms with Gasteiger partial charge in [-0.2, -0.15) is 57.1 Å². The van der Waals surface area contributed by atoms with E-state index in [0.29, 0.717) is 19.3 Å². The summed E-state index contributed by atoms with van der Waals surface area (Å²) in [5, 5.41) is 0. The Kier molecular flexibility index (Phi) is 5.37. The molecule has 0 aromatic rings. The van der Waals surface area contributed by atoms with Gasteiger partial charge in [-0.25, -0.2) is 0 Å². The van der Waals surface area contributed by atoms with E-state index < -0.39 is 54.5 Å². The Balaban J connectivity index is 3.18. The van der Waals surface area contributed by atoms with Gasteiger partial charge >= 0.3 is 35.8 Å². The average Bonchev–Trinajstić information content (AvgIpc) is 2.34. The van der Waals surface area contributed by atoms with Crippen LogP contribution in [0.3, 0.4) is 0 Å². The first-order valence-electron chi connectivity index (χ1n) is 6.79. The Morgan fingerprint density at radius 2 is 0.960 bits per heavy atom. The summed E-state index contributed by atoms with van der Waals surface area (Å²) in [5.41, 5.74) is 0. The van der Waals surface area contributed by atoms with Crippen LogP contribution >= 0.6 is 0 Å². The second-order valence-corrected chi connectivity index (χ2v) is 5.84. The highest BCUT2D eigenvalue weighted by atomic mass is 19.4. The Morgan fingerprint density at radius 3 is 1.28 bits per heavy atom. The molecule has 1 aliphatic carbocycles. The van der Waals surface area contributed by atoms with Crippen molar-refractivity contribution in [1.29, 1.82) is 0 Å². The maximum Gasteiger partial charge on any atom is 0.460 e. The van der Waals surface area contributed by atoms with E-state index in [2.05, 4.69) is 0 Å². The van der Waals surface area contributed by atoms with Gasteiger partial charge in [-0.05, 0) is 12.3 Å². The number of hydrogen-bond donors (Lipinski definition) is 0. The minimum atomic E-state index is -7.80. The molecule has 1 rings (SSSR count). The van der Waals surface area contributed by atoms with Gasteiger partial charge in [-0.1, -0.05) is 19.3 Å². The van der Waals surface area contributed by atoms with Crippen molar-refractivity contribution in [3.63, 3.8) is 0 Å². The molecule has 150 valence electrons. The highest BCUT2D eigenvalue weighted by molar-refractivity contribution is 5.10. The Labute approximate surface area is 132 Å². The summed E-state index contributed by atoms with van der Waals surface area (Å²) >= 11 is 0. The van der Waals surface area contributed by atoms with Gasteiger partial charge < -0.3 is 0 Å². The summed E-state index contributed by atoms with van der Waals surface area (Å²) in [6.07, 6.45) is -9.09. The van der Waals surface area contributed by atoms with Crippen molar-refractivity contribution in [3.05, 3.63) is 0 Å². The first-order valence-corrected chi connectivity index (χ1v) is 6.79. The van der Waals surface area contributed by atoms with Crippen LogP contribution in [0.15, 0.2) is 0 Å². The molecular weight excluding hydrogens is 391 g/mol. The smallest absolute Gasteiger partial charge is 0.200 e. The standard InChI is InChI=1S/C12H11F13/c13-7(14,5-4-6-2-1-3-6)8(15,16)9(17,18)10(19,20)11(21,22)12(23,24)25/h6H,1-5H2. The zero-order chi connectivity index (χ0) is 20.1. The van der Waals surface area contributed by atoms with Crippen LogP contribution in [-0.4, -0.2) is 35.8 Å². The Bertz CT molecular complexity index is 472. The van der Waals surface area contributed by atoms with Crippen molar-refractivity contribution in [2.24, 2.45) is 5.92 Å². The average molecular weight is 402 g/mol. The Hall–Kier alpha value is -0.910. The lowest BCUT2D eigenvalue weighted by atomic mass is 9.80. The third kappa shape index (κ3) is 3.26. The molecule has 0 atom stereocenters. The van der Waals surface area contributed by atoms with Crippen LogP contribution in [0.4, 0.5) is 57.1 Å². The fraction of sp³-hybridized carbons (Fsp3) is 1.00. The van der Waals surface area contributed by atoms with Crippen molar-refractivity contribution in [2.45, 2.75) is 67.9 Å². The molecular formula is C12H11F13. The molecule has 0 heterocycles. The number of hydrogen-bond acceptors (Lipinski definition) is 0. The zero-order valence-electron chi connectivity index (χ0n) is 12.0. The molecule has 0 spiro atoms. The van der Waals surface area contributed by atoms with Crippen molar-refractivity contribution in [3.8, 4) is 0 Å². The lowest BCUT2D eigenvalue weighted by molar-refractivity contribution is -0.440. The van der Waals surface area contributed by atoms with Crippen LogP contribution in [0.2, 0.25) is 0 Å². The van der Waals surface area contributed by atoms with E-state index >= 15 is 0 Å². The van der Waals surface area contributed by atoms with E-state index in [1.807, 2.05) is 0 Å². The largest absolute Gasteiger partial charge is 0.460 e. The van der Waals surface area contributed by atoms with Gasteiger partial charge in [0.1, 0.15) is 0 Å². The van der Waals surface area contributed by atoms with Crippen LogP contribution in [0.1, 0.15) is 32.1 Å². The summed E-state index contributed by atoms with van der Waals surface area (Å²) in [6, 6.07) is 0. The van der Waals surface area contributed by atoms with Crippen LogP contribution in [0, 0.1) is 5.92 Å². The van der Waals surface area contributed by atoms with Gasteiger partial charge in [0.2, 0.25) is 0 Å². The Morgan fingerprint density at radius 1 is 0.560 bits per heavy atom. The quantitative estimate of drug-likeness (QED) is 0.438. The molecule has 0 unspecified atom stereocenters. The number of rotatable bonds is 7. The second-order valence-electron chi connectivity index (χ2n) is 5.84. The van der Waals surface area contributed by atoms with Crippen molar-refractivity contribution < 1.29 is 57.1 Å². The zero-order valence-corrected chi connectivity index (χ0v) is 12.0. The normalized spacial score (nSPS) is 19.1. The summed E-state index contributed by atoms with van der Waals surface area (Å²) in [6.45, 7) is 0. The van der Waals surface area contributed by atoms with E-state index in [9.17, 15) is 57.1 Å². The van der Waals surface area contributed by atoms with Gasteiger partial charge in [0, 0.05) is 6.42 Å². The molecule has 0 N–H and O–H groups in total. The van der Waals surface area contributed by atoms with Gasteiger partial charge in [-0.3, -0.25) is 0 Å².